The third-order valence-corrected chi connectivity index (χ3v) is 0. The second-order valence-electron chi connectivity index (χ2n) is 5.28. The zero-order valence-electron chi connectivity index (χ0n) is 12.0. The van der Waals surface area contributed by atoms with Crippen LogP contribution in [0.1, 0.15) is 0 Å². The van der Waals surface area contributed by atoms with Gasteiger partial charge in [-0.2, -0.15) is 0 Å². The van der Waals surface area contributed by atoms with Crippen LogP contribution in [-0.4, -0.2) is 31.3 Å². The maximum atomic E-state index is 8.46. The molecule has 0 spiro atoms. The molecule has 2 nitrogen and oxygen atoms in total. The first kappa shape index (κ1) is 24.8. The molecule has 0 aliphatic carbocycles. The topological polar surface area (TPSA) is 37.3 Å². The molecule has 0 rings (SSSR count). The molecule has 0 aliphatic rings. The summed E-state index contributed by atoms with van der Waals surface area (Å²) < 4.78 is 8.46. The summed E-state index contributed by atoms with van der Waals surface area (Å²) in [4.78, 5) is 6.99. The molecule has 1 N–H and O–H groups in total. The summed E-state index contributed by atoms with van der Waals surface area (Å²) in [6.45, 7) is 20.8. The first-order chi connectivity index (χ1) is 6.61. The Morgan fingerprint density at radius 1 is 0.667 bits per heavy atom. The van der Waals surface area contributed by atoms with Crippen molar-refractivity contribution in [2.24, 2.45) is 0 Å². The van der Waals surface area contributed by atoms with E-state index >= 15 is 0 Å². The molecule has 0 radical (unpaired) electrons. The van der Waals surface area contributed by atoms with Crippen LogP contribution in [0.5, 0.6) is 0 Å². The first-order valence-electron chi connectivity index (χ1n) is 5.58. The van der Waals surface area contributed by atoms with E-state index in [4.69, 9.17) is 9.46 Å². The van der Waals surface area contributed by atoms with E-state index in [1.807, 2.05) is 0 Å². The Balaban J connectivity index is -0.0000000542. The lowest BCUT2D eigenvalue weighted by atomic mass is 11.8. The summed E-state index contributed by atoms with van der Waals surface area (Å²) in [5.41, 5.74) is 0. The van der Waals surface area contributed by atoms with E-state index in [1.54, 1.807) is 0 Å². The molecular weight excluding hydrogens is 255 g/mol. The summed E-state index contributed by atoms with van der Waals surface area (Å²) in [6.07, 6.45) is 0. The van der Waals surface area contributed by atoms with Gasteiger partial charge in [0.2, 0.25) is 0 Å². The van der Waals surface area contributed by atoms with E-state index in [1.165, 1.54) is 0 Å². The van der Waals surface area contributed by atoms with Crippen LogP contribution in [0.4, 0.5) is 0 Å². The van der Waals surface area contributed by atoms with Gasteiger partial charge < -0.3 is 4.89 Å². The molecule has 6 heteroatoms. The van der Waals surface area contributed by atoms with Crippen molar-refractivity contribution in [1.29, 1.82) is 0 Å². The first-order valence-corrected chi connectivity index (χ1v) is 16.7. The highest BCUT2D eigenvalue weighted by molar-refractivity contribution is 7.16. The van der Waals surface area contributed by atoms with Crippen molar-refractivity contribution in [2.75, 3.05) is 0 Å². The minimum atomic E-state index is -0.833. The molecule has 0 aromatic rings. The molecule has 96 valence electrons. The summed E-state index contributed by atoms with van der Waals surface area (Å²) in [5, 5.41) is 0. The molecule has 0 aromatic heterocycles. The number of hydrogen-bond donors (Lipinski definition) is 1. The van der Waals surface area contributed by atoms with Crippen LogP contribution in [0, 0.1) is 0 Å². The van der Waals surface area contributed by atoms with Gasteiger partial charge in [0.25, 0.3) is 0 Å². The van der Waals surface area contributed by atoms with Gasteiger partial charge in [-0.3, -0.25) is 0 Å². The highest BCUT2D eigenvalue weighted by Gasteiger charge is 1.72. The van der Waals surface area contributed by atoms with Gasteiger partial charge in [-0.05, 0) is 0 Å². The molecule has 0 fully saturated rings. The Morgan fingerprint density at radius 2 is 0.667 bits per heavy atom. The van der Waals surface area contributed by atoms with Crippen molar-refractivity contribution in [2.45, 2.75) is 58.9 Å². The molecule has 0 saturated carbocycles. The van der Waals surface area contributed by atoms with Gasteiger partial charge in [0.15, 0.2) is 0 Å². The largest absolute Gasteiger partial charge is 0.324 e. The van der Waals surface area contributed by atoms with Crippen LogP contribution >= 0.6 is 8.69 Å². The third-order valence-electron chi connectivity index (χ3n) is 0. The quantitative estimate of drug-likeness (QED) is 0.547. The number of hydrogen-bond acceptors (Lipinski definition) is 1. The molecule has 0 heterocycles. The van der Waals surface area contributed by atoms with Gasteiger partial charge in [-0.15, -0.1) is 0 Å². The van der Waals surface area contributed by atoms with E-state index in [-0.39, 0.29) is 26.4 Å². The maximum Gasteiger partial charge on any atom is 0.324 e. The van der Waals surface area contributed by atoms with Crippen molar-refractivity contribution < 1.29 is 9.46 Å². The SMILES string of the molecule is C[SiH](C)C.C[SiH](C)C.C[SiH](C)C.O=PO. The fraction of sp³-hybridized carbons (Fsp3) is 1.00. The zero-order chi connectivity index (χ0) is 13.4. The fourth-order valence-corrected chi connectivity index (χ4v) is 0. The molecule has 0 saturated heterocycles. The Morgan fingerprint density at radius 3 is 0.667 bits per heavy atom. The summed E-state index contributed by atoms with van der Waals surface area (Å²) in [7, 11) is -1.25. The van der Waals surface area contributed by atoms with Crippen molar-refractivity contribution >= 4 is 35.1 Å². The predicted octanol–water partition coefficient (Wildman–Crippen LogP) is 3.49. The molecule has 0 atom stereocenters. The lowest BCUT2D eigenvalue weighted by Crippen LogP contribution is -1.84. The standard InChI is InChI=1S/3C3H10Si.HO2P/c3*1-4(2)3;1-3-2/h3*4H,1-3H3;(H,1,2). The van der Waals surface area contributed by atoms with Gasteiger partial charge in [-0.1, -0.05) is 58.9 Å². The van der Waals surface area contributed by atoms with Crippen molar-refractivity contribution in [3.8, 4) is 0 Å². The molecule has 0 amide bonds. The van der Waals surface area contributed by atoms with Crippen molar-refractivity contribution in [3.63, 3.8) is 0 Å². The average molecular weight is 287 g/mol. The van der Waals surface area contributed by atoms with E-state index in [0.717, 1.165) is 0 Å². The number of rotatable bonds is 0. The molecule has 0 bridgehead atoms. The Labute approximate surface area is 104 Å². The van der Waals surface area contributed by atoms with E-state index < -0.39 is 8.69 Å². The van der Waals surface area contributed by atoms with Crippen LogP contribution in [-0.2, 0) is 4.57 Å². The minimum Gasteiger partial charge on any atom is -0.310 e. The zero-order valence-corrected chi connectivity index (χ0v) is 16.4. The minimum absolute atomic E-state index is 0.139. The van der Waals surface area contributed by atoms with Crippen LogP contribution in [0.25, 0.3) is 0 Å². The van der Waals surface area contributed by atoms with Gasteiger partial charge in [0.05, 0.1) is 0 Å². The van der Waals surface area contributed by atoms with E-state index in [9.17, 15) is 0 Å². The Bertz CT molecular complexity index is 78.8. The molecular formula is C9H31O2PSi3. The van der Waals surface area contributed by atoms with Gasteiger partial charge >= 0.3 is 8.69 Å². The highest BCUT2D eigenvalue weighted by Crippen LogP contribution is 1.68. The molecule has 0 aromatic carbocycles. The molecule has 0 aliphatic heterocycles. The van der Waals surface area contributed by atoms with Crippen LogP contribution < -0.4 is 0 Å². The molecule has 15 heavy (non-hydrogen) atoms. The molecule has 0 unspecified atom stereocenters. The smallest absolute Gasteiger partial charge is 0.310 e. The lowest BCUT2D eigenvalue weighted by molar-refractivity contribution is 0.524. The summed E-state index contributed by atoms with van der Waals surface area (Å²) in [5.74, 6) is 0. The van der Waals surface area contributed by atoms with Gasteiger partial charge in [0, 0.05) is 26.4 Å². The third kappa shape index (κ3) is 4710. The second kappa shape index (κ2) is 24.1. The van der Waals surface area contributed by atoms with E-state index in [0.29, 0.717) is 0 Å². The fourth-order valence-electron chi connectivity index (χ4n) is 0. The van der Waals surface area contributed by atoms with Crippen LogP contribution in [0.15, 0.2) is 0 Å². The highest BCUT2D eigenvalue weighted by atomic mass is 31.1. The maximum absolute atomic E-state index is 8.46. The summed E-state index contributed by atoms with van der Waals surface area (Å²) in [6, 6.07) is 0. The Kier molecular flexibility index (Phi) is 39.8. The Hall–Kier alpha value is 0.711. The lowest BCUT2D eigenvalue weighted by Gasteiger charge is -1.75. The van der Waals surface area contributed by atoms with Crippen molar-refractivity contribution in [1.82, 2.24) is 0 Å². The van der Waals surface area contributed by atoms with Gasteiger partial charge in [0.1, 0.15) is 0 Å². The van der Waals surface area contributed by atoms with E-state index in [2.05, 4.69) is 58.9 Å². The van der Waals surface area contributed by atoms with Crippen LogP contribution in [0.3, 0.4) is 0 Å². The monoisotopic (exact) mass is 286 g/mol. The average Bonchev–Trinajstić information content (AvgIpc) is 1.81. The van der Waals surface area contributed by atoms with Crippen molar-refractivity contribution in [3.05, 3.63) is 0 Å². The predicted molar refractivity (Wildman–Crippen MR) is 84.0 cm³/mol. The summed E-state index contributed by atoms with van der Waals surface area (Å²) >= 11 is 0. The second-order valence-corrected chi connectivity index (χ2v) is 15.8. The van der Waals surface area contributed by atoms with Gasteiger partial charge in [-0.25, -0.2) is 4.57 Å². The normalized spacial score (nSPS) is 8.60. The van der Waals surface area contributed by atoms with Crippen LogP contribution in [0.2, 0.25) is 58.9 Å².